The zero-order valence-corrected chi connectivity index (χ0v) is 12.0. The lowest BCUT2D eigenvalue weighted by Crippen LogP contribution is -2.17. The third-order valence-electron chi connectivity index (χ3n) is 2.88. The van der Waals surface area contributed by atoms with Crippen LogP contribution in [0.2, 0.25) is 5.02 Å². The van der Waals surface area contributed by atoms with Crippen LogP contribution in [0.3, 0.4) is 0 Å². The molecule has 0 unspecified atom stereocenters. The summed E-state index contributed by atoms with van der Waals surface area (Å²) < 4.78 is 14.9. The van der Waals surface area contributed by atoms with Gasteiger partial charge in [-0.05, 0) is 18.6 Å². The van der Waals surface area contributed by atoms with Crippen molar-refractivity contribution >= 4 is 23.2 Å². The highest BCUT2D eigenvalue weighted by molar-refractivity contribution is 6.34. The number of nitrogens with zero attached hydrogens (tertiary/aromatic N) is 2. The highest BCUT2D eigenvalue weighted by Crippen LogP contribution is 2.23. The van der Waals surface area contributed by atoms with Gasteiger partial charge in [0.25, 0.3) is 5.91 Å². The van der Waals surface area contributed by atoms with Crippen LogP contribution >= 0.6 is 11.6 Å². The minimum atomic E-state index is -0.493. The summed E-state index contributed by atoms with van der Waals surface area (Å²) in [7, 11) is 1.64. The Balaban J connectivity index is 2.28. The van der Waals surface area contributed by atoms with Crippen molar-refractivity contribution in [3.05, 3.63) is 46.5 Å². The Morgan fingerprint density at radius 1 is 1.45 bits per heavy atom. The Bertz CT molecular complexity index is 639. The van der Waals surface area contributed by atoms with Crippen LogP contribution in [-0.4, -0.2) is 15.7 Å². The van der Waals surface area contributed by atoms with Gasteiger partial charge < -0.3 is 5.32 Å². The molecule has 0 bridgehead atoms. The minimum absolute atomic E-state index is 0.117. The number of carbonyl (C=O) groups excluding carboxylic acids is 1. The van der Waals surface area contributed by atoms with Crippen LogP contribution in [0.5, 0.6) is 0 Å². The molecule has 1 aromatic heterocycles. The average molecular weight is 296 g/mol. The highest BCUT2D eigenvalue weighted by Gasteiger charge is 2.21. The van der Waals surface area contributed by atoms with Crippen molar-refractivity contribution in [2.75, 3.05) is 5.32 Å². The molecule has 0 radical (unpaired) electrons. The van der Waals surface area contributed by atoms with Crippen LogP contribution < -0.4 is 5.32 Å². The van der Waals surface area contributed by atoms with Crippen molar-refractivity contribution in [3.63, 3.8) is 0 Å². The van der Waals surface area contributed by atoms with E-state index < -0.39 is 11.7 Å². The molecule has 0 aliphatic heterocycles. The molecule has 0 saturated carbocycles. The Morgan fingerprint density at radius 2 is 2.15 bits per heavy atom. The number of benzene rings is 1. The van der Waals surface area contributed by atoms with E-state index in [0.717, 1.165) is 6.42 Å². The lowest BCUT2D eigenvalue weighted by Gasteiger charge is -2.06. The van der Waals surface area contributed by atoms with Crippen LogP contribution in [0.25, 0.3) is 0 Å². The normalized spacial score (nSPS) is 10.6. The molecule has 6 heteroatoms. The molecular formula is C14H15ClFN3O. The molecule has 0 saturated heterocycles. The Hall–Kier alpha value is -1.88. The van der Waals surface area contributed by atoms with Gasteiger partial charge in [0.1, 0.15) is 11.5 Å². The first-order chi connectivity index (χ1) is 9.54. The number of para-hydroxylation sites is 1. The fourth-order valence-corrected chi connectivity index (χ4v) is 2.28. The predicted molar refractivity (Wildman–Crippen MR) is 76.6 cm³/mol. The fourth-order valence-electron chi connectivity index (χ4n) is 1.94. The summed E-state index contributed by atoms with van der Waals surface area (Å²) in [5, 5.41) is 7.04. The Morgan fingerprint density at radius 3 is 2.80 bits per heavy atom. The molecule has 1 amide bonds. The molecule has 0 aliphatic carbocycles. The number of amides is 1. The van der Waals surface area contributed by atoms with E-state index in [-0.39, 0.29) is 11.4 Å². The highest BCUT2D eigenvalue weighted by atomic mass is 35.5. The topological polar surface area (TPSA) is 46.9 Å². The van der Waals surface area contributed by atoms with Gasteiger partial charge in [0.2, 0.25) is 0 Å². The quantitative estimate of drug-likeness (QED) is 0.939. The molecule has 20 heavy (non-hydrogen) atoms. The van der Waals surface area contributed by atoms with Crippen molar-refractivity contribution in [3.8, 4) is 0 Å². The molecule has 0 atom stereocenters. The van der Waals surface area contributed by atoms with Gasteiger partial charge in [0.05, 0.1) is 16.4 Å². The van der Waals surface area contributed by atoms with Gasteiger partial charge in [-0.3, -0.25) is 9.48 Å². The number of hydrogen-bond donors (Lipinski definition) is 1. The SMILES string of the molecule is CCCc1nn(C)c(C(=O)Nc2ccccc2F)c1Cl. The summed E-state index contributed by atoms with van der Waals surface area (Å²) in [6.07, 6.45) is 1.57. The van der Waals surface area contributed by atoms with Gasteiger partial charge in [-0.15, -0.1) is 0 Å². The van der Waals surface area contributed by atoms with E-state index >= 15 is 0 Å². The van der Waals surface area contributed by atoms with Gasteiger partial charge in [-0.2, -0.15) is 5.10 Å². The predicted octanol–water partition coefficient (Wildman–Crippen LogP) is 3.42. The van der Waals surface area contributed by atoms with E-state index in [1.54, 1.807) is 19.2 Å². The summed E-state index contributed by atoms with van der Waals surface area (Å²) in [4.78, 5) is 12.2. The molecule has 1 aromatic carbocycles. The van der Waals surface area contributed by atoms with Crippen LogP contribution in [0.15, 0.2) is 24.3 Å². The number of aromatic nitrogens is 2. The van der Waals surface area contributed by atoms with Crippen LogP contribution in [0.4, 0.5) is 10.1 Å². The number of nitrogens with one attached hydrogen (secondary N) is 1. The van der Waals surface area contributed by atoms with E-state index in [1.165, 1.54) is 16.8 Å². The zero-order valence-electron chi connectivity index (χ0n) is 11.3. The van der Waals surface area contributed by atoms with Gasteiger partial charge in [0.15, 0.2) is 0 Å². The average Bonchev–Trinajstić information content (AvgIpc) is 2.68. The summed E-state index contributed by atoms with van der Waals surface area (Å²) in [6.45, 7) is 2.00. The molecular weight excluding hydrogens is 281 g/mol. The summed E-state index contributed by atoms with van der Waals surface area (Å²) in [5.74, 6) is -0.967. The lowest BCUT2D eigenvalue weighted by molar-refractivity contribution is 0.101. The van der Waals surface area contributed by atoms with E-state index in [2.05, 4.69) is 10.4 Å². The molecule has 0 fully saturated rings. The number of rotatable bonds is 4. The fraction of sp³-hybridized carbons (Fsp3) is 0.286. The third kappa shape index (κ3) is 2.82. The minimum Gasteiger partial charge on any atom is -0.318 e. The van der Waals surface area contributed by atoms with Crippen molar-refractivity contribution in [1.82, 2.24) is 9.78 Å². The van der Waals surface area contributed by atoms with Gasteiger partial charge in [0, 0.05) is 7.05 Å². The van der Waals surface area contributed by atoms with Gasteiger partial charge in [-0.1, -0.05) is 37.1 Å². The number of hydrogen-bond acceptors (Lipinski definition) is 2. The summed E-state index contributed by atoms with van der Waals surface area (Å²) >= 11 is 6.17. The first kappa shape index (κ1) is 14.5. The van der Waals surface area contributed by atoms with Crippen LogP contribution in [0, 0.1) is 5.82 Å². The third-order valence-corrected chi connectivity index (χ3v) is 3.28. The van der Waals surface area contributed by atoms with E-state index in [4.69, 9.17) is 11.6 Å². The summed E-state index contributed by atoms with van der Waals surface area (Å²) in [6, 6.07) is 5.97. The van der Waals surface area contributed by atoms with E-state index in [9.17, 15) is 9.18 Å². The largest absolute Gasteiger partial charge is 0.318 e. The maximum absolute atomic E-state index is 13.5. The molecule has 4 nitrogen and oxygen atoms in total. The summed E-state index contributed by atoms with van der Waals surface area (Å²) in [5.41, 5.74) is 1.03. The number of carbonyl (C=O) groups is 1. The first-order valence-corrected chi connectivity index (χ1v) is 6.69. The Kier molecular flexibility index (Phi) is 4.39. The number of aryl methyl sites for hydroxylation is 2. The monoisotopic (exact) mass is 295 g/mol. The standard InChI is InChI=1S/C14H15ClFN3O/c1-3-6-11-12(15)13(19(2)18-11)14(20)17-10-8-5-4-7-9(10)16/h4-5,7-8H,3,6H2,1-2H3,(H,17,20). The second-order valence-corrected chi connectivity index (χ2v) is 4.79. The number of halogens is 2. The smallest absolute Gasteiger partial charge is 0.275 e. The van der Waals surface area contributed by atoms with Crippen LogP contribution in [0.1, 0.15) is 29.5 Å². The molecule has 0 spiro atoms. The van der Waals surface area contributed by atoms with Crippen LogP contribution in [-0.2, 0) is 13.5 Å². The van der Waals surface area contributed by atoms with Crippen molar-refractivity contribution in [1.29, 1.82) is 0 Å². The van der Waals surface area contributed by atoms with Crippen molar-refractivity contribution < 1.29 is 9.18 Å². The van der Waals surface area contributed by atoms with Crippen molar-refractivity contribution in [2.45, 2.75) is 19.8 Å². The van der Waals surface area contributed by atoms with Crippen molar-refractivity contribution in [2.24, 2.45) is 7.05 Å². The van der Waals surface area contributed by atoms with E-state index in [1.807, 2.05) is 6.92 Å². The molecule has 0 aliphatic rings. The van der Waals surface area contributed by atoms with Gasteiger partial charge in [-0.25, -0.2) is 4.39 Å². The second-order valence-electron chi connectivity index (χ2n) is 4.42. The first-order valence-electron chi connectivity index (χ1n) is 6.31. The molecule has 2 aromatic rings. The molecule has 2 rings (SSSR count). The molecule has 1 heterocycles. The maximum atomic E-state index is 13.5. The lowest BCUT2D eigenvalue weighted by atomic mass is 10.2. The van der Waals surface area contributed by atoms with Gasteiger partial charge >= 0.3 is 0 Å². The maximum Gasteiger partial charge on any atom is 0.275 e. The van der Waals surface area contributed by atoms with E-state index in [0.29, 0.717) is 17.1 Å². The zero-order chi connectivity index (χ0) is 14.7. The molecule has 1 N–H and O–H groups in total. The molecule has 106 valence electrons. The number of anilines is 1. The second kappa shape index (κ2) is 6.05. The Labute approximate surface area is 121 Å².